The van der Waals surface area contributed by atoms with Gasteiger partial charge in [0.15, 0.2) is 0 Å². The average molecular weight is 680 g/mol. The number of urea groups is 1. The zero-order valence-corrected chi connectivity index (χ0v) is 27.8. The number of benzene rings is 2. The molecule has 0 aliphatic heterocycles. The summed E-state index contributed by atoms with van der Waals surface area (Å²) in [5.41, 5.74) is 8.16. The Bertz CT molecular complexity index is 1800. The Morgan fingerprint density at radius 2 is 1.52 bits per heavy atom. The van der Waals surface area contributed by atoms with Gasteiger partial charge in [0.2, 0.25) is 0 Å². The molecule has 0 aliphatic carbocycles. The normalized spacial score (nSPS) is 10.7. The Kier molecular flexibility index (Phi) is 14.1. The molecule has 14 heteroatoms. The first-order chi connectivity index (χ1) is 22.9. The van der Waals surface area contributed by atoms with Gasteiger partial charge in [-0.3, -0.25) is 14.4 Å². The van der Waals surface area contributed by atoms with Gasteiger partial charge in [0.25, 0.3) is 5.91 Å². The van der Waals surface area contributed by atoms with Crippen molar-refractivity contribution in [3.05, 3.63) is 82.8 Å². The lowest BCUT2D eigenvalue weighted by Crippen LogP contribution is -2.20. The second kappa shape index (κ2) is 18.2. The summed E-state index contributed by atoms with van der Waals surface area (Å²) in [6.45, 7) is 1.78. The van der Waals surface area contributed by atoms with Crippen molar-refractivity contribution in [1.82, 2.24) is 4.98 Å². The van der Waals surface area contributed by atoms with Gasteiger partial charge in [0, 0.05) is 41.8 Å². The summed E-state index contributed by atoms with van der Waals surface area (Å²) in [5, 5.41) is 5.10. The molecule has 48 heavy (non-hydrogen) atoms. The Labute approximate surface area is 279 Å². The Hall–Kier alpha value is -5.29. The second-order valence-corrected chi connectivity index (χ2v) is 13.2. The van der Waals surface area contributed by atoms with Gasteiger partial charge in [-0.25, -0.2) is 18.4 Å². The molecule has 4 N–H and O–H groups in total. The summed E-state index contributed by atoms with van der Waals surface area (Å²) in [6.07, 6.45) is 3.11. The number of hydrogen-bond acceptors (Lipinski definition) is 9. The van der Waals surface area contributed by atoms with E-state index in [2.05, 4.69) is 41.3 Å². The summed E-state index contributed by atoms with van der Waals surface area (Å²) in [5.74, 6) is 3.95. The molecule has 0 aliphatic rings. The minimum atomic E-state index is -3.04. The van der Waals surface area contributed by atoms with Gasteiger partial charge in [-0.15, -0.1) is 0 Å². The van der Waals surface area contributed by atoms with Crippen LogP contribution < -0.4 is 16.4 Å². The fourth-order valence-electron chi connectivity index (χ4n) is 4.28. The number of amides is 3. The molecule has 2 aromatic carbocycles. The lowest BCUT2D eigenvalue weighted by atomic mass is 10.1. The first-order valence-corrected chi connectivity index (χ1v) is 16.9. The highest BCUT2D eigenvalue weighted by molar-refractivity contribution is 7.93. The SMILES string of the molecule is COC(=O)CCCCS(=O)(CCCCC(=O)OC)=NC(=O)c1cnc(N)c(C#Cc2ccc(NC(=O)Nc3cc(C)ccc3F)cc2)c1. The number of pyridine rings is 1. The topological polar surface area (TPSA) is 179 Å². The number of nitrogen functional groups attached to an aromatic ring is 1. The number of anilines is 3. The number of nitrogens with two attached hydrogens (primary N) is 1. The van der Waals surface area contributed by atoms with E-state index in [0.717, 1.165) is 5.56 Å². The van der Waals surface area contributed by atoms with E-state index in [1.165, 1.54) is 38.6 Å². The molecule has 0 unspecified atom stereocenters. The van der Waals surface area contributed by atoms with Crippen LogP contribution in [0.25, 0.3) is 0 Å². The molecule has 1 heterocycles. The van der Waals surface area contributed by atoms with Crippen LogP contribution in [0.2, 0.25) is 0 Å². The van der Waals surface area contributed by atoms with Gasteiger partial charge in [-0.05, 0) is 80.6 Å². The van der Waals surface area contributed by atoms with E-state index in [4.69, 9.17) is 5.73 Å². The largest absolute Gasteiger partial charge is 0.469 e. The van der Waals surface area contributed by atoms with Crippen LogP contribution in [0.5, 0.6) is 0 Å². The average Bonchev–Trinajstić information content (AvgIpc) is 3.06. The van der Waals surface area contributed by atoms with E-state index in [1.807, 2.05) is 0 Å². The van der Waals surface area contributed by atoms with Crippen molar-refractivity contribution < 1.29 is 37.3 Å². The molecule has 3 rings (SSSR count). The van der Waals surface area contributed by atoms with Crippen molar-refractivity contribution in [1.29, 1.82) is 0 Å². The molecular weight excluding hydrogens is 641 g/mol. The van der Waals surface area contributed by atoms with Gasteiger partial charge in [-0.2, -0.15) is 4.36 Å². The summed E-state index contributed by atoms with van der Waals surface area (Å²) < 4.78 is 41.1. The van der Waals surface area contributed by atoms with Crippen LogP contribution in [0.4, 0.5) is 26.4 Å². The van der Waals surface area contributed by atoms with E-state index < -0.39 is 27.5 Å². The van der Waals surface area contributed by atoms with Crippen LogP contribution in [-0.2, 0) is 28.8 Å². The van der Waals surface area contributed by atoms with Crippen LogP contribution >= 0.6 is 0 Å². The summed E-state index contributed by atoms with van der Waals surface area (Å²) in [6, 6.07) is 11.7. The van der Waals surface area contributed by atoms with Crippen molar-refractivity contribution in [2.45, 2.75) is 45.4 Å². The third-order valence-corrected chi connectivity index (χ3v) is 9.26. The standard InChI is InChI=1S/C34H38FN5O7S/c1-23-10-17-28(35)29(20-23)39-34(44)38-27-15-12-24(13-16-27)11-14-25-21-26(22-37-32(25)36)33(43)40-48(45,18-6-4-8-30(41)46-2)19-7-5-9-31(42)47-3/h10,12-13,15-17,20-22H,4-9,18-19H2,1-3H3,(H2,36,37)(H2,38,39,44). The number of aryl methyl sites for hydroxylation is 1. The number of nitrogens with one attached hydrogen (secondary N) is 2. The molecule has 0 spiro atoms. The number of rotatable bonds is 13. The predicted octanol–water partition coefficient (Wildman–Crippen LogP) is 5.45. The fourth-order valence-corrected chi connectivity index (χ4v) is 6.39. The number of ether oxygens (including phenoxy) is 2. The molecule has 12 nitrogen and oxygen atoms in total. The molecule has 3 amide bonds. The van der Waals surface area contributed by atoms with E-state index in [0.29, 0.717) is 36.9 Å². The highest BCUT2D eigenvalue weighted by atomic mass is 32.2. The maximum atomic E-state index is 14.0. The highest BCUT2D eigenvalue weighted by Crippen LogP contribution is 2.18. The van der Waals surface area contributed by atoms with E-state index in [1.54, 1.807) is 37.3 Å². The molecular formula is C34H38FN5O7S. The lowest BCUT2D eigenvalue weighted by Gasteiger charge is -2.10. The van der Waals surface area contributed by atoms with Crippen molar-refractivity contribution in [3.63, 3.8) is 0 Å². The zero-order valence-electron chi connectivity index (χ0n) is 27.0. The monoisotopic (exact) mass is 679 g/mol. The van der Waals surface area contributed by atoms with Gasteiger partial charge < -0.3 is 25.8 Å². The maximum Gasteiger partial charge on any atom is 0.323 e. The first kappa shape index (κ1) is 37.2. The summed E-state index contributed by atoms with van der Waals surface area (Å²) in [4.78, 5) is 52.5. The number of hydrogen-bond donors (Lipinski definition) is 3. The van der Waals surface area contributed by atoms with Crippen LogP contribution in [0.3, 0.4) is 0 Å². The third kappa shape index (κ3) is 12.1. The summed E-state index contributed by atoms with van der Waals surface area (Å²) in [7, 11) is -0.462. The van der Waals surface area contributed by atoms with E-state index >= 15 is 0 Å². The summed E-state index contributed by atoms with van der Waals surface area (Å²) >= 11 is 0. The van der Waals surface area contributed by atoms with Crippen molar-refractivity contribution in [3.8, 4) is 11.8 Å². The Balaban J connectivity index is 1.72. The zero-order chi connectivity index (χ0) is 35.1. The number of nitrogens with zero attached hydrogens (tertiary/aromatic N) is 2. The number of halogens is 1. The van der Waals surface area contributed by atoms with Gasteiger partial charge in [0.05, 0.1) is 40.8 Å². The number of carbonyl (C=O) groups excluding carboxylic acids is 4. The van der Waals surface area contributed by atoms with Crippen molar-refractivity contribution in [2.24, 2.45) is 4.36 Å². The molecule has 0 saturated carbocycles. The third-order valence-electron chi connectivity index (χ3n) is 6.91. The lowest BCUT2D eigenvalue weighted by molar-refractivity contribution is -0.141. The highest BCUT2D eigenvalue weighted by Gasteiger charge is 2.16. The first-order valence-electron chi connectivity index (χ1n) is 15.0. The predicted molar refractivity (Wildman–Crippen MR) is 181 cm³/mol. The molecule has 254 valence electrons. The molecule has 1 aromatic heterocycles. The van der Waals surface area contributed by atoms with E-state index in [-0.39, 0.29) is 58.9 Å². The number of methoxy groups -OCH3 is 2. The minimum Gasteiger partial charge on any atom is -0.469 e. The van der Waals surface area contributed by atoms with E-state index in [9.17, 15) is 27.8 Å². The van der Waals surface area contributed by atoms with Crippen LogP contribution in [-0.4, -0.2) is 58.8 Å². The fraction of sp³-hybridized carbons (Fsp3) is 0.324. The molecule has 3 aromatic rings. The molecule has 0 radical (unpaired) electrons. The Morgan fingerprint density at radius 1 is 0.896 bits per heavy atom. The van der Waals surface area contributed by atoms with Gasteiger partial charge >= 0.3 is 18.0 Å². The van der Waals surface area contributed by atoms with Crippen LogP contribution in [0, 0.1) is 24.6 Å². The maximum absolute atomic E-state index is 14.0. The molecule has 0 fully saturated rings. The van der Waals surface area contributed by atoms with Gasteiger partial charge in [-0.1, -0.05) is 17.9 Å². The number of unbranched alkanes of at least 4 members (excludes halogenated alkanes) is 2. The van der Waals surface area contributed by atoms with Crippen molar-refractivity contribution in [2.75, 3.05) is 42.1 Å². The molecule has 0 atom stereocenters. The van der Waals surface area contributed by atoms with Crippen LogP contribution in [0.1, 0.15) is 65.6 Å². The minimum absolute atomic E-state index is 0.0425. The number of aromatic nitrogens is 1. The van der Waals surface area contributed by atoms with Crippen LogP contribution in [0.15, 0.2) is 59.1 Å². The quantitative estimate of drug-likeness (QED) is 0.120. The van der Waals surface area contributed by atoms with Crippen molar-refractivity contribution >= 4 is 50.8 Å². The molecule has 0 saturated heterocycles. The smallest absolute Gasteiger partial charge is 0.323 e. The van der Waals surface area contributed by atoms with Gasteiger partial charge in [0.1, 0.15) is 11.6 Å². The number of esters is 2. The number of carbonyl (C=O) groups is 4. The molecule has 0 bridgehead atoms. The second-order valence-electron chi connectivity index (χ2n) is 10.7. The Morgan fingerprint density at radius 3 is 2.12 bits per heavy atom.